The predicted molar refractivity (Wildman–Crippen MR) is 136 cm³/mol. The molecule has 1 aromatic carbocycles. The van der Waals surface area contributed by atoms with Gasteiger partial charge in [-0.2, -0.15) is 0 Å². The Morgan fingerprint density at radius 2 is 2.23 bits per heavy atom. The molecular formula is C25H26BrN3O5S. The van der Waals surface area contributed by atoms with Crippen molar-refractivity contribution in [3.8, 4) is 11.5 Å². The molecule has 35 heavy (non-hydrogen) atoms. The van der Waals surface area contributed by atoms with Crippen molar-refractivity contribution in [3.63, 3.8) is 0 Å². The third-order valence-corrected chi connectivity index (χ3v) is 10.3. The number of nitro groups is 1. The summed E-state index contributed by atoms with van der Waals surface area (Å²) in [7, 11) is 3.90. The molecule has 5 atom stereocenters. The Morgan fingerprint density at radius 1 is 1.43 bits per heavy atom. The largest absolute Gasteiger partial charge is 0.504 e. The first-order valence-electron chi connectivity index (χ1n) is 11.8. The van der Waals surface area contributed by atoms with Crippen molar-refractivity contribution in [2.45, 2.75) is 49.3 Å². The summed E-state index contributed by atoms with van der Waals surface area (Å²) in [5.41, 5.74) is 1.05. The van der Waals surface area contributed by atoms with E-state index in [-0.39, 0.29) is 46.4 Å². The SMILES string of the molecule is CN1CC[C@]23c4c5c([N+](=O)[O-])cc(O)c4O[C@H]2[C@H](N(C)C(=O)/C=C/c2cc(Br)cs2)CC[C@H]3[C@H]1C5. The summed E-state index contributed by atoms with van der Waals surface area (Å²) in [6, 6.07) is 3.19. The van der Waals surface area contributed by atoms with E-state index in [4.69, 9.17) is 4.74 Å². The standard InChI is InChI=1S/C25H26BrN3O5S/c1-27-8-7-25-16-4-5-17(28(2)21(31)6-3-14-9-13(26)12-35-14)24(25)34-23-20(30)11-18(29(32)33)15(22(23)25)10-19(16)27/h3,6,9,11-12,16-17,19,24,30H,4-5,7-8,10H2,1-2H3/b6-3+/t16-,17+,19+,24-,25-/m0/s1. The molecule has 1 aromatic heterocycles. The minimum Gasteiger partial charge on any atom is -0.504 e. The highest BCUT2D eigenvalue weighted by Gasteiger charge is 2.67. The van der Waals surface area contributed by atoms with Crippen LogP contribution in [0.15, 0.2) is 28.1 Å². The molecule has 10 heteroatoms. The van der Waals surface area contributed by atoms with Gasteiger partial charge in [-0.3, -0.25) is 14.9 Å². The summed E-state index contributed by atoms with van der Waals surface area (Å²) in [4.78, 5) is 29.8. The molecule has 3 heterocycles. The first-order valence-corrected chi connectivity index (χ1v) is 13.5. The van der Waals surface area contributed by atoms with Gasteiger partial charge in [-0.15, -0.1) is 11.3 Å². The number of halogens is 1. The normalized spacial score (nSPS) is 30.7. The van der Waals surface area contributed by atoms with Crippen molar-refractivity contribution in [2.75, 3.05) is 20.6 Å². The molecule has 2 aliphatic heterocycles. The van der Waals surface area contributed by atoms with Gasteiger partial charge in [0.05, 0.1) is 17.0 Å². The molecule has 1 spiro atoms. The lowest BCUT2D eigenvalue weighted by molar-refractivity contribution is -0.385. The number of hydrogen-bond donors (Lipinski definition) is 1. The van der Waals surface area contributed by atoms with Gasteiger partial charge < -0.3 is 19.6 Å². The van der Waals surface area contributed by atoms with Gasteiger partial charge in [0, 0.05) is 50.4 Å². The van der Waals surface area contributed by atoms with E-state index in [9.17, 15) is 20.0 Å². The van der Waals surface area contributed by atoms with E-state index in [1.807, 2.05) is 24.6 Å². The van der Waals surface area contributed by atoms with Crippen LogP contribution < -0.4 is 4.74 Å². The molecule has 1 saturated heterocycles. The molecule has 2 fully saturated rings. The highest BCUT2D eigenvalue weighted by Crippen LogP contribution is 2.65. The summed E-state index contributed by atoms with van der Waals surface area (Å²) in [6.07, 6.45) is 6.12. The highest BCUT2D eigenvalue weighted by atomic mass is 79.9. The average molecular weight is 560 g/mol. The average Bonchev–Trinajstić information content (AvgIpc) is 3.40. The molecule has 8 nitrogen and oxygen atoms in total. The maximum Gasteiger partial charge on any atom is 0.276 e. The molecule has 6 rings (SSSR count). The molecule has 2 bridgehead atoms. The first kappa shape index (κ1) is 23.0. The molecule has 1 amide bonds. The zero-order valence-electron chi connectivity index (χ0n) is 19.4. The minimum atomic E-state index is -0.441. The molecule has 184 valence electrons. The number of aromatic hydroxyl groups is 1. The molecule has 0 radical (unpaired) electrons. The number of ether oxygens (including phenoxy) is 1. The predicted octanol–water partition coefficient (Wildman–Crippen LogP) is 4.33. The number of carbonyl (C=O) groups excluding carboxylic acids is 1. The zero-order valence-corrected chi connectivity index (χ0v) is 21.8. The van der Waals surface area contributed by atoms with Crippen molar-refractivity contribution in [1.29, 1.82) is 0 Å². The van der Waals surface area contributed by atoms with Gasteiger partial charge in [0.15, 0.2) is 11.5 Å². The maximum atomic E-state index is 13.2. The number of likely N-dealkylation sites (tertiary alicyclic amines) is 1. The van der Waals surface area contributed by atoms with Gasteiger partial charge in [0.2, 0.25) is 5.91 Å². The summed E-state index contributed by atoms with van der Waals surface area (Å²) >= 11 is 4.99. The molecule has 4 aliphatic rings. The van der Waals surface area contributed by atoms with Crippen LogP contribution >= 0.6 is 27.3 Å². The van der Waals surface area contributed by atoms with Crippen LogP contribution in [0.3, 0.4) is 0 Å². The number of hydrogen-bond acceptors (Lipinski definition) is 7. The van der Waals surface area contributed by atoms with E-state index in [1.165, 1.54) is 6.07 Å². The number of carbonyl (C=O) groups is 1. The number of phenols is 1. The van der Waals surface area contributed by atoms with Crippen LogP contribution in [0.4, 0.5) is 5.69 Å². The number of likely N-dealkylation sites (N-methyl/N-ethyl adjacent to an activating group) is 2. The summed E-state index contributed by atoms with van der Waals surface area (Å²) in [5, 5.41) is 24.7. The number of phenolic OH excluding ortho intramolecular Hbond substituents is 1. The number of nitrogens with zero attached hydrogens (tertiary/aromatic N) is 3. The highest BCUT2D eigenvalue weighted by molar-refractivity contribution is 9.10. The van der Waals surface area contributed by atoms with E-state index in [1.54, 1.807) is 22.3 Å². The van der Waals surface area contributed by atoms with E-state index >= 15 is 0 Å². The number of nitro benzene ring substituents is 1. The number of piperidine rings is 1. The molecule has 2 aromatic rings. The van der Waals surface area contributed by atoms with Crippen molar-refractivity contribution >= 4 is 44.9 Å². The third-order valence-electron chi connectivity index (χ3n) is 8.69. The fraction of sp³-hybridized carbons (Fsp3) is 0.480. The molecule has 0 unspecified atom stereocenters. The first-order chi connectivity index (χ1) is 16.7. The lowest BCUT2D eigenvalue weighted by Gasteiger charge is -2.59. The second-order valence-electron chi connectivity index (χ2n) is 10.1. The van der Waals surface area contributed by atoms with Crippen LogP contribution in [0.5, 0.6) is 11.5 Å². The van der Waals surface area contributed by atoms with Gasteiger partial charge >= 0.3 is 0 Å². The van der Waals surface area contributed by atoms with Crippen LogP contribution in [-0.2, 0) is 16.6 Å². The van der Waals surface area contributed by atoms with E-state index in [2.05, 4.69) is 27.9 Å². The van der Waals surface area contributed by atoms with E-state index in [0.29, 0.717) is 17.7 Å². The minimum absolute atomic E-state index is 0.0276. The molecule has 1 saturated carbocycles. The van der Waals surface area contributed by atoms with Gasteiger partial charge in [-0.05, 0) is 73.3 Å². The lowest BCUT2D eigenvalue weighted by Crippen LogP contribution is -2.68. The smallest absolute Gasteiger partial charge is 0.276 e. The number of rotatable bonds is 4. The second-order valence-corrected chi connectivity index (χ2v) is 12.0. The van der Waals surface area contributed by atoms with Crippen molar-refractivity contribution < 1.29 is 19.6 Å². The lowest BCUT2D eigenvalue weighted by atomic mass is 9.51. The van der Waals surface area contributed by atoms with Crippen molar-refractivity contribution in [1.82, 2.24) is 9.80 Å². The summed E-state index contributed by atoms with van der Waals surface area (Å²) in [5.74, 6) is 0.367. The number of thiophene rings is 1. The third kappa shape index (κ3) is 3.22. The Kier molecular flexibility index (Phi) is 5.28. The van der Waals surface area contributed by atoms with Gasteiger partial charge in [-0.1, -0.05) is 0 Å². The number of amides is 1. The Bertz CT molecular complexity index is 1280. The van der Waals surface area contributed by atoms with E-state index in [0.717, 1.165) is 40.7 Å². The molecule has 2 aliphatic carbocycles. The zero-order chi connectivity index (χ0) is 24.6. The van der Waals surface area contributed by atoms with Crippen LogP contribution in [0.2, 0.25) is 0 Å². The number of benzene rings is 1. The van der Waals surface area contributed by atoms with Crippen LogP contribution in [0.1, 0.15) is 35.3 Å². The molecule has 1 N–H and O–H groups in total. The van der Waals surface area contributed by atoms with Gasteiger partial charge in [-0.25, -0.2) is 0 Å². The maximum absolute atomic E-state index is 13.2. The van der Waals surface area contributed by atoms with Crippen LogP contribution in [-0.4, -0.2) is 64.6 Å². The second kappa shape index (κ2) is 8.04. The van der Waals surface area contributed by atoms with Gasteiger partial charge in [0.1, 0.15) is 6.10 Å². The van der Waals surface area contributed by atoms with Crippen molar-refractivity contribution in [2.24, 2.45) is 5.92 Å². The van der Waals surface area contributed by atoms with Crippen LogP contribution in [0.25, 0.3) is 6.08 Å². The van der Waals surface area contributed by atoms with E-state index < -0.39 is 5.41 Å². The topological polar surface area (TPSA) is 96.2 Å². The summed E-state index contributed by atoms with van der Waals surface area (Å²) in [6.45, 7) is 0.848. The monoisotopic (exact) mass is 559 g/mol. The fourth-order valence-electron chi connectivity index (χ4n) is 7.19. The quantitative estimate of drug-likeness (QED) is 0.340. The Morgan fingerprint density at radius 3 is 2.94 bits per heavy atom. The fourth-order valence-corrected chi connectivity index (χ4v) is 8.52. The Hall–Kier alpha value is -2.43. The van der Waals surface area contributed by atoms with Gasteiger partial charge in [0.25, 0.3) is 5.69 Å². The van der Waals surface area contributed by atoms with Crippen molar-refractivity contribution in [3.05, 3.63) is 54.2 Å². The Labute approximate surface area is 215 Å². The summed E-state index contributed by atoms with van der Waals surface area (Å²) < 4.78 is 7.50. The Balaban J connectivity index is 1.41. The van der Waals surface area contributed by atoms with Crippen LogP contribution in [0, 0.1) is 16.0 Å². The molecular weight excluding hydrogens is 534 g/mol.